The maximum Gasteiger partial charge on any atom is 0.416 e. The van der Waals surface area contributed by atoms with E-state index >= 15 is 0 Å². The molecule has 4 heterocycles. The second-order valence-corrected chi connectivity index (χ2v) is 8.52. The van der Waals surface area contributed by atoms with Crippen molar-refractivity contribution in [3.63, 3.8) is 0 Å². The van der Waals surface area contributed by atoms with Gasteiger partial charge in [-0.05, 0) is 37.4 Å². The van der Waals surface area contributed by atoms with Crippen molar-refractivity contribution in [1.82, 2.24) is 19.9 Å². The first-order valence-electron chi connectivity index (χ1n) is 11.3. The van der Waals surface area contributed by atoms with Crippen LogP contribution < -0.4 is 25.6 Å². The molecule has 2 aliphatic rings. The summed E-state index contributed by atoms with van der Waals surface area (Å²) in [6, 6.07) is 7.02. The van der Waals surface area contributed by atoms with E-state index in [0.29, 0.717) is 49.3 Å². The smallest absolute Gasteiger partial charge is 0.416 e. The zero-order chi connectivity index (χ0) is 25.3. The van der Waals surface area contributed by atoms with Gasteiger partial charge in [-0.1, -0.05) is 0 Å². The van der Waals surface area contributed by atoms with E-state index < -0.39 is 17.6 Å². The van der Waals surface area contributed by atoms with Gasteiger partial charge in [0.2, 0.25) is 5.95 Å². The average Bonchev–Trinajstić information content (AvgIpc) is 2.86. The second-order valence-electron chi connectivity index (χ2n) is 8.52. The van der Waals surface area contributed by atoms with E-state index in [4.69, 9.17) is 4.74 Å². The fourth-order valence-electron chi connectivity index (χ4n) is 3.95. The number of likely N-dealkylation sites (N-methyl/N-ethyl adjacent to an activating group) is 1. The number of benzene rings is 1. The lowest BCUT2D eigenvalue weighted by atomic mass is 10.1. The Morgan fingerprint density at radius 2 is 1.83 bits per heavy atom. The van der Waals surface area contributed by atoms with Gasteiger partial charge in [-0.25, -0.2) is 14.4 Å². The van der Waals surface area contributed by atoms with E-state index in [1.54, 1.807) is 18.2 Å². The number of fused-ring (bicyclic) bond motifs is 1. The molecule has 9 nitrogen and oxygen atoms in total. The number of pyridine rings is 1. The first-order chi connectivity index (χ1) is 17.2. The molecule has 1 saturated heterocycles. The van der Waals surface area contributed by atoms with Gasteiger partial charge < -0.3 is 30.5 Å². The average molecular weight is 504 g/mol. The number of hydrogen-bond donors (Lipinski definition) is 3. The first kappa shape index (κ1) is 23.9. The van der Waals surface area contributed by atoms with Crippen LogP contribution in [0.1, 0.15) is 5.56 Å². The Bertz CT molecular complexity index is 1250. The van der Waals surface area contributed by atoms with E-state index in [1.807, 2.05) is 11.9 Å². The minimum absolute atomic E-state index is 0.0676. The van der Waals surface area contributed by atoms with E-state index in [0.717, 1.165) is 31.4 Å². The number of nitrogens with one attached hydrogen (secondary N) is 3. The van der Waals surface area contributed by atoms with E-state index in [2.05, 4.69) is 35.8 Å². The number of alkyl halides is 3. The minimum Gasteiger partial charge on any atom is -0.488 e. The highest BCUT2D eigenvalue weighted by atomic mass is 19.4. The summed E-state index contributed by atoms with van der Waals surface area (Å²) >= 11 is 0. The Hall–Kier alpha value is -3.87. The Morgan fingerprint density at radius 1 is 1.03 bits per heavy atom. The van der Waals surface area contributed by atoms with Crippen LogP contribution in [0.2, 0.25) is 0 Å². The van der Waals surface area contributed by atoms with Gasteiger partial charge in [0.15, 0.2) is 23.2 Å². The maximum absolute atomic E-state index is 14.4. The minimum atomic E-state index is -4.54. The lowest BCUT2D eigenvalue weighted by Gasteiger charge is -2.34. The van der Waals surface area contributed by atoms with E-state index in [-0.39, 0.29) is 17.5 Å². The molecule has 1 fully saturated rings. The van der Waals surface area contributed by atoms with Crippen LogP contribution in [0.4, 0.5) is 52.3 Å². The first-order valence-corrected chi connectivity index (χ1v) is 11.3. The van der Waals surface area contributed by atoms with Crippen molar-refractivity contribution in [1.29, 1.82) is 0 Å². The summed E-state index contributed by atoms with van der Waals surface area (Å²) in [5.74, 6) is 0.417. The van der Waals surface area contributed by atoms with Crippen LogP contribution in [0.15, 0.2) is 36.5 Å². The summed E-state index contributed by atoms with van der Waals surface area (Å²) in [7, 11) is 1.97. The van der Waals surface area contributed by atoms with Crippen molar-refractivity contribution >= 4 is 34.8 Å². The third kappa shape index (κ3) is 5.35. The van der Waals surface area contributed by atoms with Gasteiger partial charge >= 0.3 is 6.18 Å². The Morgan fingerprint density at radius 3 is 2.61 bits per heavy atom. The summed E-state index contributed by atoms with van der Waals surface area (Å²) in [6.07, 6.45) is -3.60. The predicted molar refractivity (Wildman–Crippen MR) is 128 cm³/mol. The Labute approximate surface area is 204 Å². The molecule has 0 atom stereocenters. The van der Waals surface area contributed by atoms with Gasteiger partial charge in [-0.3, -0.25) is 0 Å². The highest BCUT2D eigenvalue weighted by molar-refractivity contribution is 5.66. The second kappa shape index (κ2) is 9.64. The number of rotatable bonds is 5. The third-order valence-electron chi connectivity index (χ3n) is 5.87. The van der Waals surface area contributed by atoms with Crippen LogP contribution in [-0.4, -0.2) is 66.2 Å². The molecule has 3 aromatic rings. The van der Waals surface area contributed by atoms with Crippen LogP contribution in [0.25, 0.3) is 0 Å². The highest BCUT2D eigenvalue weighted by Gasteiger charge is 2.32. The number of nitrogens with zero attached hydrogens (tertiary/aromatic N) is 5. The summed E-state index contributed by atoms with van der Waals surface area (Å²) in [4.78, 5) is 16.4. The van der Waals surface area contributed by atoms with Gasteiger partial charge in [0, 0.05) is 37.6 Å². The standard InChI is InChI=1S/C23H24F4N8O/c1-34-5-7-35(8-6-34)16-11-14(23(25,26)27)10-15(12-16)30-22-29-13-17(24)20(33-22)31-19-3-2-18-21(32-19)28-4-9-36-18/h2-3,10-13H,4-9H2,1H3,(H3,28,29,30,31,32,33). The fraction of sp³-hybridized carbons (Fsp3) is 0.348. The SMILES string of the molecule is CN1CCN(c2cc(Nc3ncc(F)c(Nc4ccc5c(n4)NCCO5)n3)cc(C(F)(F)F)c2)CC1. The number of halogens is 4. The largest absolute Gasteiger partial charge is 0.488 e. The van der Waals surface area contributed by atoms with Crippen molar-refractivity contribution in [3.8, 4) is 5.75 Å². The van der Waals surface area contributed by atoms with Crippen molar-refractivity contribution < 1.29 is 22.3 Å². The van der Waals surface area contributed by atoms with Crippen LogP contribution in [-0.2, 0) is 6.18 Å². The van der Waals surface area contributed by atoms with Crippen molar-refractivity contribution in [2.24, 2.45) is 0 Å². The van der Waals surface area contributed by atoms with Crippen molar-refractivity contribution in [3.05, 3.63) is 47.9 Å². The predicted octanol–water partition coefficient (Wildman–Crippen LogP) is 4.07. The number of aromatic nitrogens is 3. The zero-order valence-corrected chi connectivity index (χ0v) is 19.4. The molecule has 0 amide bonds. The Kier molecular flexibility index (Phi) is 6.39. The van der Waals surface area contributed by atoms with Crippen LogP contribution >= 0.6 is 0 Å². The van der Waals surface area contributed by atoms with Crippen LogP contribution in [0.5, 0.6) is 5.75 Å². The van der Waals surface area contributed by atoms with Crippen LogP contribution in [0.3, 0.4) is 0 Å². The quantitative estimate of drug-likeness (QED) is 0.445. The summed E-state index contributed by atoms with van der Waals surface area (Å²) in [5.41, 5.74) is -0.215. The van der Waals surface area contributed by atoms with Crippen molar-refractivity contribution in [2.75, 3.05) is 67.2 Å². The molecule has 5 rings (SSSR count). The molecule has 0 spiro atoms. The number of hydrogen-bond acceptors (Lipinski definition) is 9. The number of anilines is 6. The molecular formula is C23H24F4N8O. The van der Waals surface area contributed by atoms with Gasteiger partial charge in [0.25, 0.3) is 0 Å². The van der Waals surface area contributed by atoms with Crippen LogP contribution in [0, 0.1) is 5.82 Å². The van der Waals surface area contributed by atoms with Crippen molar-refractivity contribution in [2.45, 2.75) is 6.18 Å². The monoisotopic (exact) mass is 504 g/mol. The molecular weight excluding hydrogens is 480 g/mol. The van der Waals surface area contributed by atoms with Gasteiger partial charge in [0.1, 0.15) is 12.4 Å². The molecule has 0 bridgehead atoms. The van der Waals surface area contributed by atoms with E-state index in [1.165, 1.54) is 0 Å². The zero-order valence-electron chi connectivity index (χ0n) is 19.4. The number of ether oxygens (including phenoxy) is 1. The highest BCUT2D eigenvalue weighted by Crippen LogP contribution is 2.35. The molecule has 0 aliphatic carbocycles. The molecule has 0 unspecified atom stereocenters. The van der Waals surface area contributed by atoms with E-state index in [9.17, 15) is 17.6 Å². The van der Waals surface area contributed by atoms with Gasteiger partial charge in [0.05, 0.1) is 18.3 Å². The molecule has 13 heteroatoms. The normalized spacial score (nSPS) is 16.1. The summed E-state index contributed by atoms with van der Waals surface area (Å²) < 4.78 is 60.8. The summed E-state index contributed by atoms with van der Waals surface area (Å²) in [5, 5.41) is 8.66. The molecule has 190 valence electrons. The Balaban J connectivity index is 1.40. The molecule has 2 aromatic heterocycles. The lowest BCUT2D eigenvalue weighted by Crippen LogP contribution is -2.44. The summed E-state index contributed by atoms with van der Waals surface area (Å²) in [6.45, 7) is 3.80. The number of piperazine rings is 1. The molecule has 0 saturated carbocycles. The molecule has 1 aromatic carbocycles. The van der Waals surface area contributed by atoms with Gasteiger partial charge in [-0.2, -0.15) is 18.2 Å². The topological polar surface area (TPSA) is 90.5 Å². The third-order valence-corrected chi connectivity index (χ3v) is 5.87. The van der Waals surface area contributed by atoms with Gasteiger partial charge in [-0.15, -0.1) is 0 Å². The molecule has 0 radical (unpaired) electrons. The maximum atomic E-state index is 14.4. The molecule has 3 N–H and O–H groups in total. The lowest BCUT2D eigenvalue weighted by molar-refractivity contribution is -0.137. The molecule has 36 heavy (non-hydrogen) atoms. The molecule has 2 aliphatic heterocycles. The fourth-order valence-corrected chi connectivity index (χ4v) is 3.95.